The van der Waals surface area contributed by atoms with E-state index in [2.05, 4.69) is 11.8 Å². The van der Waals surface area contributed by atoms with Gasteiger partial charge in [0.2, 0.25) is 0 Å². The number of aliphatic hydroxyl groups is 1. The largest absolute Gasteiger partial charge is 0.395 e. The van der Waals surface area contributed by atoms with Gasteiger partial charge in [-0.25, -0.2) is 4.98 Å². The maximum atomic E-state index is 9.13. The van der Waals surface area contributed by atoms with E-state index in [9.17, 15) is 0 Å². The summed E-state index contributed by atoms with van der Waals surface area (Å²) in [4.78, 5) is 8.73. The number of nitrogens with zero attached hydrogens (tertiary/aromatic N) is 2. The summed E-state index contributed by atoms with van der Waals surface area (Å²) < 4.78 is 0. The van der Waals surface area contributed by atoms with Crippen molar-refractivity contribution in [2.75, 3.05) is 13.2 Å². The molecule has 1 aromatic heterocycles. The molecule has 18 heavy (non-hydrogen) atoms. The van der Waals surface area contributed by atoms with Gasteiger partial charge in [0.05, 0.1) is 18.8 Å². The smallest absolute Gasteiger partial charge is 0.107 e. The highest BCUT2D eigenvalue weighted by molar-refractivity contribution is 7.11. The minimum atomic E-state index is 0.263. The Morgan fingerprint density at radius 2 is 2.22 bits per heavy atom. The Balaban J connectivity index is 1.68. The van der Waals surface area contributed by atoms with Crippen LogP contribution in [0.1, 0.15) is 41.8 Å². The Hall–Kier alpha value is -0.450. The molecule has 0 saturated heterocycles. The molecule has 0 aliphatic heterocycles. The van der Waals surface area contributed by atoms with Gasteiger partial charge in [0.15, 0.2) is 0 Å². The second-order valence-corrected chi connectivity index (χ2v) is 6.92. The van der Waals surface area contributed by atoms with E-state index in [-0.39, 0.29) is 6.61 Å². The molecule has 1 fully saturated rings. The lowest BCUT2D eigenvalue weighted by Gasteiger charge is -2.18. The quantitative estimate of drug-likeness (QED) is 0.888. The third-order valence-corrected chi connectivity index (χ3v) is 5.12. The molecule has 0 amide bonds. The van der Waals surface area contributed by atoms with Crippen LogP contribution < -0.4 is 0 Å². The summed E-state index contributed by atoms with van der Waals surface area (Å²) in [7, 11) is 0. The van der Waals surface area contributed by atoms with Gasteiger partial charge in [-0.3, -0.25) is 4.90 Å². The topological polar surface area (TPSA) is 36.4 Å². The SMILES string of the molecule is CC1CCc2nc(CN(CCO)C3CC3)sc2C1. The first-order chi connectivity index (χ1) is 8.76. The molecule has 4 heteroatoms. The molecule has 2 aliphatic carbocycles. The second-order valence-electron chi connectivity index (χ2n) is 5.75. The second kappa shape index (κ2) is 5.27. The normalized spacial score (nSPS) is 23.4. The average molecular weight is 266 g/mol. The Morgan fingerprint density at radius 3 is 2.94 bits per heavy atom. The number of hydrogen-bond acceptors (Lipinski definition) is 4. The zero-order chi connectivity index (χ0) is 12.5. The number of aryl methyl sites for hydroxylation is 1. The molecule has 3 nitrogen and oxygen atoms in total. The van der Waals surface area contributed by atoms with Crippen LogP contribution in [0.4, 0.5) is 0 Å². The van der Waals surface area contributed by atoms with E-state index in [1.54, 1.807) is 0 Å². The molecule has 2 aliphatic rings. The maximum Gasteiger partial charge on any atom is 0.107 e. The van der Waals surface area contributed by atoms with Crippen molar-refractivity contribution >= 4 is 11.3 Å². The van der Waals surface area contributed by atoms with Crippen molar-refractivity contribution in [3.05, 3.63) is 15.6 Å². The lowest BCUT2D eigenvalue weighted by molar-refractivity contribution is 0.183. The van der Waals surface area contributed by atoms with Crippen LogP contribution in [0.25, 0.3) is 0 Å². The molecule has 1 saturated carbocycles. The summed E-state index contributed by atoms with van der Waals surface area (Å²) in [5.74, 6) is 0.822. The molecule has 1 atom stereocenters. The molecule has 3 rings (SSSR count). The standard InChI is InChI=1S/C14H22N2OS/c1-10-2-5-12-13(8-10)18-14(15-12)9-16(6-7-17)11-3-4-11/h10-11,17H,2-9H2,1H3. The Labute approximate surface area is 113 Å². The van der Waals surface area contributed by atoms with E-state index in [1.165, 1.54) is 41.3 Å². The lowest BCUT2D eigenvalue weighted by atomic mass is 9.93. The zero-order valence-electron chi connectivity index (χ0n) is 11.1. The van der Waals surface area contributed by atoms with Gasteiger partial charge >= 0.3 is 0 Å². The van der Waals surface area contributed by atoms with Gasteiger partial charge < -0.3 is 5.11 Å². The fourth-order valence-electron chi connectivity index (χ4n) is 2.79. The van der Waals surface area contributed by atoms with Gasteiger partial charge in [0.25, 0.3) is 0 Å². The highest BCUT2D eigenvalue weighted by Gasteiger charge is 2.29. The summed E-state index contributed by atoms with van der Waals surface area (Å²) >= 11 is 1.90. The first-order valence-corrected chi connectivity index (χ1v) is 7.90. The van der Waals surface area contributed by atoms with E-state index < -0.39 is 0 Å². The molecule has 0 spiro atoms. The molecular weight excluding hydrogens is 244 g/mol. The minimum Gasteiger partial charge on any atom is -0.395 e. The van der Waals surface area contributed by atoms with Crippen molar-refractivity contribution in [1.82, 2.24) is 9.88 Å². The number of fused-ring (bicyclic) bond motifs is 1. The summed E-state index contributed by atoms with van der Waals surface area (Å²) in [6.45, 7) is 4.34. The average Bonchev–Trinajstić information content (AvgIpc) is 3.10. The number of thiazole rings is 1. The predicted octanol–water partition coefficient (Wildman–Crippen LogP) is 2.22. The molecule has 1 unspecified atom stereocenters. The Morgan fingerprint density at radius 1 is 1.39 bits per heavy atom. The van der Waals surface area contributed by atoms with Gasteiger partial charge in [0, 0.05) is 17.5 Å². The fourth-order valence-corrected chi connectivity index (χ4v) is 4.10. The molecule has 1 N–H and O–H groups in total. The van der Waals surface area contributed by atoms with Crippen LogP contribution in [-0.2, 0) is 19.4 Å². The lowest BCUT2D eigenvalue weighted by Crippen LogP contribution is -2.28. The van der Waals surface area contributed by atoms with Gasteiger partial charge in [0.1, 0.15) is 5.01 Å². The van der Waals surface area contributed by atoms with Crippen LogP contribution in [0.3, 0.4) is 0 Å². The molecule has 1 heterocycles. The van der Waals surface area contributed by atoms with Gasteiger partial charge in [-0.1, -0.05) is 6.92 Å². The van der Waals surface area contributed by atoms with Crippen LogP contribution >= 0.6 is 11.3 Å². The van der Waals surface area contributed by atoms with Crippen molar-refractivity contribution in [1.29, 1.82) is 0 Å². The summed E-state index contributed by atoms with van der Waals surface area (Å²) in [5.41, 5.74) is 1.35. The van der Waals surface area contributed by atoms with Crippen molar-refractivity contribution in [3.63, 3.8) is 0 Å². The van der Waals surface area contributed by atoms with E-state index in [4.69, 9.17) is 10.1 Å². The van der Waals surface area contributed by atoms with Gasteiger partial charge in [-0.05, 0) is 38.0 Å². The van der Waals surface area contributed by atoms with Gasteiger partial charge in [-0.15, -0.1) is 11.3 Å². The molecule has 100 valence electrons. The number of rotatable bonds is 5. The van der Waals surface area contributed by atoms with E-state index in [0.717, 1.165) is 25.4 Å². The van der Waals surface area contributed by atoms with Crippen molar-refractivity contribution < 1.29 is 5.11 Å². The maximum absolute atomic E-state index is 9.13. The molecule has 0 aromatic carbocycles. The first kappa shape index (κ1) is 12.6. The number of aliphatic hydroxyl groups excluding tert-OH is 1. The molecular formula is C14H22N2OS. The van der Waals surface area contributed by atoms with Crippen molar-refractivity contribution in [3.8, 4) is 0 Å². The summed E-state index contributed by atoms with van der Waals surface area (Å²) in [6, 6.07) is 0.706. The fraction of sp³-hybridized carbons (Fsp3) is 0.786. The first-order valence-electron chi connectivity index (χ1n) is 7.08. The Kier molecular flexibility index (Phi) is 3.68. The van der Waals surface area contributed by atoms with E-state index in [1.807, 2.05) is 11.3 Å². The minimum absolute atomic E-state index is 0.263. The van der Waals surface area contributed by atoms with E-state index >= 15 is 0 Å². The van der Waals surface area contributed by atoms with Crippen molar-refractivity contribution in [2.24, 2.45) is 5.92 Å². The molecule has 0 bridgehead atoms. The van der Waals surface area contributed by atoms with Crippen molar-refractivity contribution in [2.45, 2.75) is 51.6 Å². The number of hydrogen-bond donors (Lipinski definition) is 1. The molecule has 1 aromatic rings. The van der Waals surface area contributed by atoms with Crippen LogP contribution in [0, 0.1) is 5.92 Å². The third-order valence-electron chi connectivity index (χ3n) is 4.02. The zero-order valence-corrected chi connectivity index (χ0v) is 11.9. The van der Waals surface area contributed by atoms with Crippen LogP contribution in [-0.4, -0.2) is 34.2 Å². The van der Waals surface area contributed by atoms with Gasteiger partial charge in [-0.2, -0.15) is 0 Å². The summed E-state index contributed by atoms with van der Waals surface area (Å²) in [5, 5.41) is 10.4. The Bertz CT molecular complexity index is 414. The van der Waals surface area contributed by atoms with Crippen LogP contribution in [0.5, 0.6) is 0 Å². The summed E-state index contributed by atoms with van der Waals surface area (Å²) in [6.07, 6.45) is 6.26. The highest BCUT2D eigenvalue weighted by Crippen LogP contribution is 2.32. The number of aromatic nitrogens is 1. The van der Waals surface area contributed by atoms with Crippen LogP contribution in [0.2, 0.25) is 0 Å². The predicted molar refractivity (Wildman–Crippen MR) is 73.8 cm³/mol. The third kappa shape index (κ3) is 2.76. The highest BCUT2D eigenvalue weighted by atomic mass is 32.1. The molecule has 0 radical (unpaired) electrons. The monoisotopic (exact) mass is 266 g/mol. The van der Waals surface area contributed by atoms with E-state index in [0.29, 0.717) is 6.04 Å². The van der Waals surface area contributed by atoms with Crippen LogP contribution in [0.15, 0.2) is 0 Å².